The molecule has 4 aromatic rings. The van der Waals surface area contributed by atoms with Crippen LogP contribution in [-0.4, -0.2) is 11.9 Å². The predicted molar refractivity (Wildman–Crippen MR) is 67.2 cm³/mol. The van der Waals surface area contributed by atoms with E-state index in [2.05, 4.69) is 9.15 Å². The van der Waals surface area contributed by atoms with Gasteiger partial charge in [0.05, 0.1) is 21.9 Å². The molecule has 0 N–H and O–H groups in total. The first kappa shape index (κ1) is 10.9. The largest absolute Gasteiger partial charge is 0.386 e. The van der Waals surface area contributed by atoms with Gasteiger partial charge < -0.3 is 9.15 Å². The smallest absolute Gasteiger partial charge is 0.347 e. The van der Waals surface area contributed by atoms with Gasteiger partial charge in [0.2, 0.25) is 0 Å². The lowest BCUT2D eigenvalue weighted by Crippen LogP contribution is -2.02. The number of hydrogen-bond donors (Lipinski definition) is 0. The van der Waals surface area contributed by atoms with E-state index in [1.807, 2.05) is 0 Å². The van der Waals surface area contributed by atoms with Crippen LogP contribution in [0.3, 0.4) is 0 Å². The van der Waals surface area contributed by atoms with Crippen LogP contribution in [0.5, 0.6) is 0 Å². The van der Waals surface area contributed by atoms with Crippen molar-refractivity contribution >= 4 is 33.5 Å². The fourth-order valence-corrected chi connectivity index (χ4v) is 2.56. The number of fused-ring (bicyclic) bond motifs is 4. The van der Waals surface area contributed by atoms with Crippen molar-refractivity contribution in [2.45, 2.75) is 0 Å². The summed E-state index contributed by atoms with van der Waals surface area (Å²) >= 11 is 0. The molecule has 0 saturated heterocycles. The highest BCUT2D eigenvalue weighted by molar-refractivity contribution is 6.25. The molecule has 0 aliphatic carbocycles. The van der Waals surface area contributed by atoms with Gasteiger partial charge in [-0.3, -0.25) is 0 Å². The first-order valence-corrected chi connectivity index (χ1v) is 5.70. The van der Waals surface area contributed by atoms with Crippen LogP contribution in [0, 0.1) is 0 Å². The number of cyclic esters (lactones) is 2. The molecule has 20 heavy (non-hydrogen) atoms. The molecule has 1 aliphatic heterocycles. The van der Waals surface area contributed by atoms with Crippen LogP contribution >= 0.6 is 0 Å². The van der Waals surface area contributed by atoms with Crippen molar-refractivity contribution in [1.82, 2.24) is 0 Å². The molecule has 0 atom stereocenters. The number of hydrogen-bond acceptors (Lipinski definition) is 6. The highest BCUT2D eigenvalue weighted by atomic mass is 16.6. The molecule has 0 amide bonds. The maximum atomic E-state index is 11.9. The molecule has 1 aliphatic rings. The summed E-state index contributed by atoms with van der Waals surface area (Å²) in [6, 6.07) is 5.77. The van der Waals surface area contributed by atoms with Gasteiger partial charge >= 0.3 is 23.2 Å². The van der Waals surface area contributed by atoms with Crippen LogP contribution in [0.1, 0.15) is 20.7 Å². The van der Waals surface area contributed by atoms with Gasteiger partial charge in [-0.2, -0.15) is 0 Å². The Hall–Kier alpha value is -3.02. The second-order valence-corrected chi connectivity index (χ2v) is 4.43. The Labute approximate surface area is 109 Å². The number of carbonyl (C=O) groups is 2. The SMILES string of the molecule is O=C1OC(=O)c2c1ccc1c3ccc(c(=O)oc3=O)c21. The van der Waals surface area contributed by atoms with Gasteiger partial charge in [0, 0.05) is 5.39 Å². The molecule has 96 valence electrons. The zero-order valence-electron chi connectivity index (χ0n) is 9.76. The Kier molecular flexibility index (Phi) is 1.79. The minimum Gasteiger partial charge on any atom is -0.386 e. The first-order chi connectivity index (χ1) is 9.58. The fourth-order valence-electron chi connectivity index (χ4n) is 2.56. The van der Waals surface area contributed by atoms with Crippen LogP contribution in [0.4, 0.5) is 0 Å². The third-order valence-corrected chi connectivity index (χ3v) is 3.42. The Morgan fingerprint density at radius 2 is 1.35 bits per heavy atom. The van der Waals surface area contributed by atoms with Gasteiger partial charge in [-0.25, -0.2) is 19.2 Å². The maximum Gasteiger partial charge on any atom is 0.347 e. The molecule has 5 rings (SSSR count). The Balaban J connectivity index is 2.45. The van der Waals surface area contributed by atoms with Crippen LogP contribution in [0.2, 0.25) is 0 Å². The van der Waals surface area contributed by atoms with E-state index in [9.17, 15) is 19.2 Å². The first-order valence-electron chi connectivity index (χ1n) is 5.70. The van der Waals surface area contributed by atoms with Crippen LogP contribution < -0.4 is 11.3 Å². The van der Waals surface area contributed by atoms with Crippen molar-refractivity contribution < 1.29 is 18.7 Å². The summed E-state index contributed by atoms with van der Waals surface area (Å²) in [5.74, 6) is -1.58. The van der Waals surface area contributed by atoms with Crippen molar-refractivity contribution in [2.75, 3.05) is 0 Å². The molecule has 0 saturated carbocycles. The van der Waals surface area contributed by atoms with E-state index in [0.717, 1.165) is 0 Å². The highest BCUT2D eigenvalue weighted by Crippen LogP contribution is 2.32. The van der Waals surface area contributed by atoms with Crippen LogP contribution in [0.25, 0.3) is 21.5 Å². The van der Waals surface area contributed by atoms with Crippen LogP contribution in [0.15, 0.2) is 38.3 Å². The van der Waals surface area contributed by atoms with E-state index in [1.54, 1.807) is 0 Å². The molecule has 6 heteroatoms. The summed E-state index contributed by atoms with van der Waals surface area (Å²) in [4.78, 5) is 47.0. The van der Waals surface area contributed by atoms with Crippen molar-refractivity contribution in [2.24, 2.45) is 0 Å². The molecule has 0 spiro atoms. The summed E-state index contributed by atoms with van der Waals surface area (Å²) in [5, 5.41) is 0.859. The van der Waals surface area contributed by atoms with E-state index in [0.29, 0.717) is 5.39 Å². The molecule has 2 aromatic heterocycles. The summed E-state index contributed by atoms with van der Waals surface area (Å²) in [7, 11) is 0. The lowest BCUT2D eigenvalue weighted by atomic mass is 9.96. The third kappa shape index (κ3) is 1.13. The average molecular weight is 268 g/mol. The summed E-state index contributed by atoms with van der Waals surface area (Å²) in [6.07, 6.45) is 0. The second-order valence-electron chi connectivity index (χ2n) is 4.43. The van der Waals surface area contributed by atoms with Gasteiger partial charge in [-0.05, 0) is 23.6 Å². The number of ether oxygens (including phenoxy) is 1. The van der Waals surface area contributed by atoms with Gasteiger partial charge in [0.15, 0.2) is 0 Å². The molecule has 6 nitrogen and oxygen atoms in total. The summed E-state index contributed by atoms with van der Waals surface area (Å²) in [6.45, 7) is 0. The average Bonchev–Trinajstić information content (AvgIpc) is 2.57. The predicted octanol–water partition coefficient (Wildman–Crippen LogP) is 1.05. The molecule has 0 unspecified atom stereocenters. The highest BCUT2D eigenvalue weighted by Gasteiger charge is 2.33. The maximum absolute atomic E-state index is 11.9. The van der Waals surface area contributed by atoms with Gasteiger partial charge in [0.25, 0.3) is 0 Å². The lowest BCUT2D eigenvalue weighted by Gasteiger charge is -2.01. The Morgan fingerprint density at radius 1 is 0.700 bits per heavy atom. The van der Waals surface area contributed by atoms with Crippen molar-refractivity contribution in [3.8, 4) is 0 Å². The zero-order chi connectivity index (χ0) is 14.0. The third-order valence-electron chi connectivity index (χ3n) is 3.42. The van der Waals surface area contributed by atoms with Gasteiger partial charge in [-0.15, -0.1) is 0 Å². The normalized spacial score (nSPS) is 14.0. The van der Waals surface area contributed by atoms with Crippen LogP contribution in [-0.2, 0) is 4.74 Å². The topological polar surface area (TPSA) is 90.7 Å². The molecule has 2 bridgehead atoms. The minimum absolute atomic E-state index is 0.0102. The molecular weight excluding hydrogens is 264 g/mol. The molecule has 2 aromatic carbocycles. The Bertz CT molecular complexity index is 1040. The lowest BCUT2D eigenvalue weighted by molar-refractivity contribution is 0.0444. The van der Waals surface area contributed by atoms with Crippen molar-refractivity contribution in [1.29, 1.82) is 0 Å². The summed E-state index contributed by atoms with van der Waals surface area (Å²) in [5.41, 5.74) is -1.53. The number of rotatable bonds is 0. The summed E-state index contributed by atoms with van der Waals surface area (Å²) < 4.78 is 9.20. The van der Waals surface area contributed by atoms with E-state index in [1.165, 1.54) is 24.3 Å². The van der Waals surface area contributed by atoms with Crippen molar-refractivity contribution in [3.05, 3.63) is 56.2 Å². The minimum atomic E-state index is -0.847. The van der Waals surface area contributed by atoms with Gasteiger partial charge in [0.1, 0.15) is 0 Å². The number of benzene rings is 2. The van der Waals surface area contributed by atoms with Crippen molar-refractivity contribution in [3.63, 3.8) is 0 Å². The van der Waals surface area contributed by atoms with E-state index < -0.39 is 23.2 Å². The van der Waals surface area contributed by atoms with E-state index in [-0.39, 0.29) is 27.3 Å². The quantitative estimate of drug-likeness (QED) is 0.447. The zero-order valence-corrected chi connectivity index (χ0v) is 9.76. The molecule has 3 heterocycles. The standard InChI is InChI=1S/C14H4O6/c15-11-6-2-4-7(12(16)19-11)9-5(6)1-3-8-10(9)14(18)20-13(8)17/h1-4H. The van der Waals surface area contributed by atoms with E-state index in [4.69, 9.17) is 0 Å². The number of esters is 2. The van der Waals surface area contributed by atoms with E-state index >= 15 is 0 Å². The molecular formula is C14H4O6. The number of carbonyl (C=O) groups excluding carboxylic acids is 2. The van der Waals surface area contributed by atoms with Gasteiger partial charge in [-0.1, -0.05) is 6.07 Å². The Morgan fingerprint density at radius 3 is 2.15 bits per heavy atom. The molecule has 0 fully saturated rings. The fraction of sp³-hybridized carbons (Fsp3) is 0. The molecule has 0 radical (unpaired) electrons. The second kappa shape index (κ2) is 3.30. The monoisotopic (exact) mass is 268 g/mol.